The highest BCUT2D eigenvalue weighted by Gasteiger charge is 2.48. The molecule has 1 spiro atoms. The number of hydrogen-bond acceptors (Lipinski definition) is 3. The lowest BCUT2D eigenvalue weighted by molar-refractivity contribution is -0.130. The normalized spacial score (nSPS) is 23.0. The van der Waals surface area contributed by atoms with E-state index in [0.717, 1.165) is 93.9 Å². The molecule has 0 aromatic heterocycles. The number of amides is 2. The molecule has 36 heavy (non-hydrogen) atoms. The summed E-state index contributed by atoms with van der Waals surface area (Å²) >= 11 is 0. The van der Waals surface area contributed by atoms with Crippen LogP contribution in [0.5, 0.6) is 5.75 Å². The second-order valence-electron chi connectivity index (χ2n) is 11.3. The van der Waals surface area contributed by atoms with Gasteiger partial charge in [-0.2, -0.15) is 0 Å². The van der Waals surface area contributed by atoms with Gasteiger partial charge in [-0.25, -0.2) is 0 Å². The second kappa shape index (κ2) is 10.3. The van der Waals surface area contributed by atoms with Gasteiger partial charge in [-0.3, -0.25) is 9.59 Å². The minimum absolute atomic E-state index is 0.107. The lowest BCUT2D eigenvalue weighted by Gasteiger charge is -2.40. The summed E-state index contributed by atoms with van der Waals surface area (Å²) < 4.78 is 5.91. The molecule has 1 saturated heterocycles. The van der Waals surface area contributed by atoms with Crippen LogP contribution in [0.1, 0.15) is 69.1 Å². The Bertz CT molecular complexity index is 1100. The van der Waals surface area contributed by atoms with E-state index in [9.17, 15) is 9.59 Å². The molecule has 5 heteroatoms. The van der Waals surface area contributed by atoms with E-state index < -0.39 is 0 Å². The third kappa shape index (κ3) is 4.77. The van der Waals surface area contributed by atoms with Crippen LogP contribution in [-0.4, -0.2) is 43.5 Å². The first-order valence-corrected chi connectivity index (χ1v) is 13.7. The van der Waals surface area contributed by atoms with Crippen molar-refractivity contribution in [3.8, 4) is 5.75 Å². The monoisotopic (exact) mass is 488 g/mol. The summed E-state index contributed by atoms with van der Waals surface area (Å²) in [6.45, 7) is 6.17. The number of rotatable bonds is 5. The molecule has 3 aliphatic rings. The second-order valence-corrected chi connectivity index (χ2v) is 11.3. The zero-order valence-electron chi connectivity index (χ0n) is 22.1. The molecule has 2 heterocycles. The molecule has 0 bridgehead atoms. The van der Waals surface area contributed by atoms with Gasteiger partial charge in [0.15, 0.2) is 0 Å². The Morgan fingerprint density at radius 2 is 1.69 bits per heavy atom. The fraction of sp³-hybridized carbons (Fsp3) is 0.548. The van der Waals surface area contributed by atoms with Crippen molar-refractivity contribution in [1.82, 2.24) is 4.90 Å². The minimum atomic E-state index is -0.107. The van der Waals surface area contributed by atoms with Gasteiger partial charge >= 0.3 is 0 Å². The average Bonchev–Trinajstić information content (AvgIpc) is 3.20. The number of nitrogens with zero attached hydrogens (tertiary/aromatic N) is 2. The van der Waals surface area contributed by atoms with Crippen molar-refractivity contribution in [2.75, 3.05) is 31.6 Å². The molecule has 5 nitrogen and oxygen atoms in total. The standard InChI is InChI=1S/C31H40N2O3/c1-22-9-12-25(13-10-22)30(35)33-21-31(15-17-32(18-16-31)23(2)34)27-20-29(36-3)26(19-28(27)33)14-11-24-7-5-4-6-8-24/h4-8,19-20,22,25H,9-18,21H2,1-3H3. The Balaban J connectivity index is 1.48. The van der Waals surface area contributed by atoms with Crippen LogP contribution in [0.25, 0.3) is 0 Å². The van der Waals surface area contributed by atoms with Gasteiger partial charge in [0.25, 0.3) is 0 Å². The maximum Gasteiger partial charge on any atom is 0.230 e. The highest BCUT2D eigenvalue weighted by molar-refractivity contribution is 5.98. The predicted molar refractivity (Wildman–Crippen MR) is 143 cm³/mol. The largest absolute Gasteiger partial charge is 0.496 e. The number of piperidine rings is 1. The first-order chi connectivity index (χ1) is 17.4. The SMILES string of the molecule is COc1cc2c(cc1CCc1ccccc1)N(C(=O)C1CCC(C)CC1)CC21CCN(C(C)=O)CC1. The molecule has 0 radical (unpaired) electrons. The number of ether oxygens (including phenoxy) is 1. The Kier molecular flexibility index (Phi) is 7.09. The summed E-state index contributed by atoms with van der Waals surface area (Å²) in [7, 11) is 1.75. The van der Waals surface area contributed by atoms with Crippen LogP contribution < -0.4 is 9.64 Å². The van der Waals surface area contributed by atoms with Crippen LogP contribution in [0.4, 0.5) is 5.69 Å². The molecule has 2 aliphatic heterocycles. The molecular formula is C31H40N2O3. The van der Waals surface area contributed by atoms with E-state index >= 15 is 0 Å². The maximum atomic E-state index is 13.9. The van der Waals surface area contributed by atoms with Crippen molar-refractivity contribution in [3.63, 3.8) is 0 Å². The first kappa shape index (κ1) is 24.9. The number of carbonyl (C=O) groups is 2. The number of carbonyl (C=O) groups excluding carboxylic acids is 2. The highest BCUT2D eigenvalue weighted by atomic mass is 16.5. The third-order valence-corrected chi connectivity index (χ3v) is 9.04. The van der Waals surface area contributed by atoms with Crippen LogP contribution >= 0.6 is 0 Å². The van der Waals surface area contributed by atoms with E-state index in [4.69, 9.17) is 4.74 Å². The van der Waals surface area contributed by atoms with E-state index in [1.54, 1.807) is 14.0 Å². The molecule has 2 amide bonds. The molecule has 192 valence electrons. The molecule has 2 aromatic rings. The molecular weight excluding hydrogens is 448 g/mol. The lowest BCUT2D eigenvalue weighted by Crippen LogP contribution is -2.48. The number of hydrogen-bond donors (Lipinski definition) is 0. The van der Waals surface area contributed by atoms with Crippen LogP contribution in [0.3, 0.4) is 0 Å². The van der Waals surface area contributed by atoms with E-state index in [2.05, 4.69) is 48.2 Å². The molecule has 1 aliphatic carbocycles. The Labute approximate surface area is 215 Å². The maximum absolute atomic E-state index is 13.9. The molecule has 1 saturated carbocycles. The topological polar surface area (TPSA) is 49.9 Å². The van der Waals surface area contributed by atoms with Crippen molar-refractivity contribution in [2.24, 2.45) is 11.8 Å². The quantitative estimate of drug-likeness (QED) is 0.556. The summed E-state index contributed by atoms with van der Waals surface area (Å²) in [4.78, 5) is 30.0. The lowest BCUT2D eigenvalue weighted by atomic mass is 9.74. The summed E-state index contributed by atoms with van der Waals surface area (Å²) in [5.74, 6) is 2.20. The van der Waals surface area contributed by atoms with Gasteiger partial charge in [-0.15, -0.1) is 0 Å². The minimum Gasteiger partial charge on any atom is -0.496 e. The summed E-state index contributed by atoms with van der Waals surface area (Å²) in [6.07, 6.45) is 7.84. The zero-order chi connectivity index (χ0) is 25.3. The number of benzene rings is 2. The Hall–Kier alpha value is -2.82. The smallest absolute Gasteiger partial charge is 0.230 e. The fourth-order valence-corrected chi connectivity index (χ4v) is 6.64. The molecule has 0 N–H and O–H groups in total. The number of methoxy groups -OCH3 is 1. The zero-order valence-corrected chi connectivity index (χ0v) is 22.1. The number of fused-ring (bicyclic) bond motifs is 2. The van der Waals surface area contributed by atoms with Crippen molar-refractivity contribution >= 4 is 17.5 Å². The van der Waals surface area contributed by atoms with Crippen molar-refractivity contribution < 1.29 is 14.3 Å². The van der Waals surface area contributed by atoms with Gasteiger partial charge in [0.2, 0.25) is 11.8 Å². The van der Waals surface area contributed by atoms with Gasteiger partial charge in [-0.05, 0) is 86.1 Å². The van der Waals surface area contributed by atoms with Gasteiger partial charge in [0, 0.05) is 43.6 Å². The van der Waals surface area contributed by atoms with E-state index in [0.29, 0.717) is 5.91 Å². The summed E-state index contributed by atoms with van der Waals surface area (Å²) in [5, 5.41) is 0. The van der Waals surface area contributed by atoms with Gasteiger partial charge in [-0.1, -0.05) is 37.3 Å². The molecule has 0 atom stereocenters. The van der Waals surface area contributed by atoms with Gasteiger partial charge in [0.1, 0.15) is 5.75 Å². The summed E-state index contributed by atoms with van der Waals surface area (Å²) in [5.41, 5.74) is 4.68. The van der Waals surface area contributed by atoms with Crippen molar-refractivity contribution in [1.29, 1.82) is 0 Å². The van der Waals surface area contributed by atoms with Crippen molar-refractivity contribution in [3.05, 3.63) is 59.2 Å². The van der Waals surface area contributed by atoms with E-state index in [1.807, 2.05) is 11.0 Å². The third-order valence-electron chi connectivity index (χ3n) is 9.04. The van der Waals surface area contributed by atoms with Crippen LogP contribution in [0.2, 0.25) is 0 Å². The number of anilines is 1. The molecule has 0 unspecified atom stereocenters. The van der Waals surface area contributed by atoms with Crippen LogP contribution in [-0.2, 0) is 27.8 Å². The van der Waals surface area contributed by atoms with Crippen LogP contribution in [0.15, 0.2) is 42.5 Å². The van der Waals surface area contributed by atoms with Gasteiger partial charge < -0.3 is 14.5 Å². The molecule has 2 aromatic carbocycles. The molecule has 2 fully saturated rings. The van der Waals surface area contributed by atoms with Crippen LogP contribution in [0, 0.1) is 11.8 Å². The van der Waals surface area contributed by atoms with Gasteiger partial charge in [0.05, 0.1) is 7.11 Å². The Morgan fingerprint density at radius 3 is 2.33 bits per heavy atom. The predicted octanol–water partition coefficient (Wildman–Crippen LogP) is 5.53. The average molecular weight is 489 g/mol. The van der Waals surface area contributed by atoms with Crippen molar-refractivity contribution in [2.45, 2.75) is 70.6 Å². The van der Waals surface area contributed by atoms with E-state index in [1.165, 1.54) is 11.1 Å². The Morgan fingerprint density at radius 1 is 1.00 bits per heavy atom. The first-order valence-electron chi connectivity index (χ1n) is 13.7. The number of likely N-dealkylation sites (tertiary alicyclic amines) is 1. The number of aryl methyl sites for hydroxylation is 2. The summed E-state index contributed by atoms with van der Waals surface area (Å²) in [6, 6.07) is 15.0. The van der Waals surface area contributed by atoms with E-state index in [-0.39, 0.29) is 17.2 Å². The highest BCUT2D eigenvalue weighted by Crippen LogP contribution is 2.50. The fourth-order valence-electron chi connectivity index (χ4n) is 6.64. The molecule has 5 rings (SSSR count).